The van der Waals surface area contributed by atoms with Crippen LogP contribution in [0.4, 0.5) is 13.2 Å². The molecule has 0 radical (unpaired) electrons. The van der Waals surface area contributed by atoms with Crippen molar-refractivity contribution < 1.29 is 40.6 Å². The van der Waals surface area contributed by atoms with Gasteiger partial charge in [0.1, 0.15) is 0 Å². The molecule has 3 nitrogen and oxygen atoms in total. The van der Waals surface area contributed by atoms with Gasteiger partial charge in [-0.2, -0.15) is 0 Å². The summed E-state index contributed by atoms with van der Waals surface area (Å²) in [4.78, 5) is 0.560. The predicted molar refractivity (Wildman–Crippen MR) is 75.6 cm³/mol. The second-order valence-corrected chi connectivity index (χ2v) is 7.73. The normalized spacial score (nSPS) is 12.4. The van der Waals surface area contributed by atoms with Crippen LogP contribution in [0.2, 0.25) is 0 Å². The topological polar surface area (TPSA) is 69.2 Å². The Morgan fingerprint density at radius 1 is 1.04 bits per heavy atom. The van der Waals surface area contributed by atoms with Gasteiger partial charge in [-0.15, -0.1) is 13.2 Å². The van der Waals surface area contributed by atoms with Crippen LogP contribution in [0, 0.1) is 14.8 Å². The summed E-state index contributed by atoms with van der Waals surface area (Å²) in [6.07, 6.45) is 4.63. The van der Waals surface area contributed by atoms with Gasteiger partial charge in [0, 0.05) is 17.9 Å². The van der Waals surface area contributed by atoms with E-state index in [1.807, 2.05) is 0 Å². The first-order valence-corrected chi connectivity index (χ1v) is 10.3. The molecule has 1 heterocycles. The maximum atomic E-state index is 13.2. The molecule has 1 aromatic heterocycles. The quantitative estimate of drug-likeness (QED) is 0.557. The van der Waals surface area contributed by atoms with Crippen molar-refractivity contribution in [2.75, 3.05) is 0 Å². The summed E-state index contributed by atoms with van der Waals surface area (Å²) < 4.78 is 65.7. The van der Waals surface area contributed by atoms with Crippen molar-refractivity contribution in [1.82, 2.24) is 0 Å². The van der Waals surface area contributed by atoms with E-state index in [1.54, 1.807) is 30.3 Å². The van der Waals surface area contributed by atoms with Gasteiger partial charge in [0.2, 0.25) is 14.8 Å². The molecule has 2 aromatic rings. The molecule has 2 rings (SSSR count). The Balaban J connectivity index is 0.000000593. The minimum absolute atomic E-state index is 0.445. The van der Waals surface area contributed by atoms with Crippen LogP contribution in [0.25, 0.3) is 10.1 Å². The number of hydrogen-bond donors (Lipinski definition) is 0. The molecular formula is C15H18BrF3O3S. The molecule has 0 bridgehead atoms. The number of rotatable bonds is 5. The molecule has 0 N–H and O–H groups in total. The van der Waals surface area contributed by atoms with E-state index in [9.17, 15) is 13.2 Å². The van der Waals surface area contributed by atoms with E-state index in [2.05, 4.69) is 6.92 Å². The van der Waals surface area contributed by atoms with Crippen molar-refractivity contribution in [3.63, 3.8) is 0 Å². The molecule has 0 aliphatic carbocycles. The zero-order chi connectivity index (χ0) is 17.5. The Labute approximate surface area is 141 Å². The van der Waals surface area contributed by atoms with E-state index in [0.29, 0.717) is 16.0 Å². The number of thiophene rings is 1. The van der Waals surface area contributed by atoms with E-state index in [-0.39, 0.29) is 0 Å². The average molecular weight is 415 g/mol. The van der Waals surface area contributed by atoms with Crippen LogP contribution in [0.5, 0.6) is 0 Å². The first-order chi connectivity index (χ1) is 10.8. The Hall–Kier alpha value is -0.670. The Morgan fingerprint density at radius 3 is 2.22 bits per heavy atom. The highest BCUT2D eigenvalue weighted by atomic mass is 80.0. The van der Waals surface area contributed by atoms with Gasteiger partial charge in [-0.25, -0.2) is 0 Å². The van der Waals surface area contributed by atoms with Crippen LogP contribution in [0.1, 0.15) is 37.5 Å². The van der Waals surface area contributed by atoms with Crippen LogP contribution >= 0.6 is 10.5 Å². The van der Waals surface area contributed by atoms with Crippen molar-refractivity contribution >= 4 is 20.6 Å². The minimum atomic E-state index is -4.15. The lowest BCUT2D eigenvalue weighted by Gasteiger charge is -2.00. The number of alkyl halides is 3. The van der Waals surface area contributed by atoms with E-state index in [0.717, 1.165) is 31.1 Å². The lowest BCUT2D eigenvalue weighted by atomic mass is 10.1. The molecule has 1 unspecified atom stereocenters. The molecule has 0 aliphatic rings. The second-order valence-electron chi connectivity index (χ2n) is 4.90. The minimum Gasteiger partial charge on any atom is -0.405 e. The fraction of sp³-hybridized carbons (Fsp3) is 0.467. The Kier molecular flexibility index (Phi) is 8.49. The molecule has 0 saturated heterocycles. The van der Waals surface area contributed by atoms with Gasteiger partial charge < -0.3 is 12.6 Å². The Bertz CT molecular complexity index is 596. The van der Waals surface area contributed by atoms with Crippen LogP contribution < -0.4 is 12.6 Å². The molecule has 23 heavy (non-hydrogen) atoms. The summed E-state index contributed by atoms with van der Waals surface area (Å²) in [5, 5.41) is 0.744. The third-order valence-electron chi connectivity index (χ3n) is 3.23. The molecule has 0 aliphatic heterocycles. The zero-order valence-electron chi connectivity index (χ0n) is 12.6. The van der Waals surface area contributed by atoms with Gasteiger partial charge in [-0.1, -0.05) is 38.3 Å². The molecule has 0 spiro atoms. The molecule has 0 fully saturated rings. The fourth-order valence-corrected chi connectivity index (χ4v) is 4.33. The monoisotopic (exact) mass is 414 g/mol. The standard InChI is InChI=1S/C15H18F3S.BrO3/c1-2-3-4-5-9-13-11-12-8-6-7-10-14(12)19(13)15(16,17)18;2-1(3)4/h6-8,10-11H,2-5,9H2,1H3;/q+1;-1. The molecule has 1 aromatic carbocycles. The first kappa shape index (κ1) is 20.4. The number of hydrogen-bond acceptors (Lipinski definition) is 3. The highest BCUT2D eigenvalue weighted by Crippen LogP contribution is 2.51. The van der Waals surface area contributed by atoms with Crippen molar-refractivity contribution in [2.45, 2.75) is 44.5 Å². The number of halogens is 4. The van der Waals surface area contributed by atoms with E-state index in [1.165, 1.54) is 0 Å². The number of aryl methyl sites for hydroxylation is 1. The lowest BCUT2D eigenvalue weighted by Crippen LogP contribution is -2.42. The van der Waals surface area contributed by atoms with Gasteiger partial charge in [-0.05, 0) is 18.6 Å². The summed E-state index contributed by atoms with van der Waals surface area (Å²) in [6, 6.07) is 8.63. The highest BCUT2D eigenvalue weighted by molar-refractivity contribution is 7.38. The predicted octanol–water partition coefficient (Wildman–Crippen LogP) is 2.62. The third-order valence-corrected chi connectivity index (χ3v) is 5.35. The highest BCUT2D eigenvalue weighted by Gasteiger charge is 2.47. The zero-order valence-corrected chi connectivity index (χ0v) is 15.0. The first-order valence-electron chi connectivity index (χ1n) is 7.11. The van der Waals surface area contributed by atoms with E-state index in [4.69, 9.17) is 12.6 Å². The van der Waals surface area contributed by atoms with Crippen molar-refractivity contribution in [1.29, 1.82) is 0 Å². The fourth-order valence-electron chi connectivity index (χ4n) is 2.33. The molecule has 0 amide bonds. The summed E-state index contributed by atoms with van der Waals surface area (Å²) in [6.45, 7) is 2.10. The number of fused-ring (bicyclic) bond motifs is 1. The molecule has 1 atom stereocenters. The summed E-state index contributed by atoms with van der Waals surface area (Å²) in [7, 11) is -1.70. The lowest BCUT2D eigenvalue weighted by molar-refractivity contribution is -1.73. The van der Waals surface area contributed by atoms with Gasteiger partial charge >= 0.3 is 5.51 Å². The summed E-state index contributed by atoms with van der Waals surface area (Å²) in [5.41, 5.74) is -4.15. The third kappa shape index (κ3) is 6.76. The van der Waals surface area contributed by atoms with Crippen molar-refractivity contribution in [3.8, 4) is 0 Å². The average Bonchev–Trinajstić information content (AvgIpc) is 2.81. The smallest absolute Gasteiger partial charge is 0.405 e. The van der Waals surface area contributed by atoms with Gasteiger partial charge in [0.05, 0.1) is 10.5 Å². The molecule has 8 heteroatoms. The van der Waals surface area contributed by atoms with Crippen LogP contribution in [-0.2, 0) is 11.9 Å². The van der Waals surface area contributed by atoms with Crippen LogP contribution in [0.15, 0.2) is 30.3 Å². The molecular weight excluding hydrogens is 397 g/mol. The maximum absolute atomic E-state index is 13.2. The largest absolute Gasteiger partial charge is 0.600 e. The molecule has 130 valence electrons. The SMILES string of the molecule is CCCCCCc1cc2ccccc2[s+]1C(F)(F)F.[O-][Br+2]([O-])[O-]. The second kappa shape index (κ2) is 9.58. The maximum Gasteiger partial charge on any atom is 0.600 e. The van der Waals surface area contributed by atoms with Gasteiger partial charge in [-0.3, -0.25) is 0 Å². The number of unbranched alkanes of at least 4 members (excludes halogenated alkanes) is 3. The van der Waals surface area contributed by atoms with Crippen LogP contribution in [0.3, 0.4) is 0 Å². The summed E-state index contributed by atoms with van der Waals surface area (Å²) in [5.74, 6) is 0. The van der Waals surface area contributed by atoms with E-state index >= 15 is 0 Å². The van der Waals surface area contributed by atoms with E-state index < -0.39 is 30.8 Å². The summed E-state index contributed by atoms with van der Waals surface area (Å²) >= 11 is -3.65. The number of benzene rings is 1. The van der Waals surface area contributed by atoms with Crippen molar-refractivity contribution in [3.05, 3.63) is 35.2 Å². The van der Waals surface area contributed by atoms with Crippen LogP contribution in [-0.4, -0.2) is 0 Å². The Morgan fingerprint density at radius 2 is 1.65 bits per heavy atom. The van der Waals surface area contributed by atoms with Gasteiger partial charge in [0.15, 0.2) is 9.58 Å². The van der Waals surface area contributed by atoms with Gasteiger partial charge in [0.25, 0.3) is 0 Å². The molecule has 0 saturated carbocycles. The van der Waals surface area contributed by atoms with Crippen molar-refractivity contribution in [2.24, 2.45) is 0 Å².